The molecular formula is C43H41N5O6. The Morgan fingerprint density at radius 2 is 1.28 bits per heavy atom. The van der Waals surface area contributed by atoms with Crippen molar-refractivity contribution in [2.24, 2.45) is 0 Å². The van der Waals surface area contributed by atoms with Crippen LogP contribution in [0.3, 0.4) is 0 Å². The lowest BCUT2D eigenvalue weighted by Crippen LogP contribution is -2.59. The number of nitrogens with zero attached hydrogens (tertiary/aromatic N) is 1. The zero-order valence-electron chi connectivity index (χ0n) is 29.7. The minimum atomic E-state index is -1.16. The Morgan fingerprint density at radius 1 is 0.704 bits per heavy atom. The second kappa shape index (κ2) is 15.4. The van der Waals surface area contributed by atoms with Crippen molar-refractivity contribution in [3.05, 3.63) is 143 Å². The normalized spacial score (nSPS) is 17.0. The molecule has 3 atom stereocenters. The van der Waals surface area contributed by atoms with E-state index in [0.29, 0.717) is 13.0 Å². The molecule has 2 aromatic heterocycles. The van der Waals surface area contributed by atoms with Crippen molar-refractivity contribution in [2.45, 2.75) is 70.1 Å². The van der Waals surface area contributed by atoms with Gasteiger partial charge in [-0.15, -0.1) is 0 Å². The van der Waals surface area contributed by atoms with E-state index in [2.05, 4.69) is 26.7 Å². The summed E-state index contributed by atoms with van der Waals surface area (Å²) in [5.74, 6) is -1.89. The van der Waals surface area contributed by atoms with Gasteiger partial charge in [-0.05, 0) is 47.2 Å². The Hall–Kier alpha value is -6.20. The van der Waals surface area contributed by atoms with Crippen molar-refractivity contribution in [1.29, 1.82) is 0 Å². The van der Waals surface area contributed by atoms with E-state index in [-0.39, 0.29) is 44.9 Å². The van der Waals surface area contributed by atoms with E-state index in [9.17, 15) is 19.2 Å². The highest BCUT2D eigenvalue weighted by molar-refractivity contribution is 5.95. The van der Waals surface area contributed by atoms with Crippen molar-refractivity contribution in [3.63, 3.8) is 0 Å². The van der Waals surface area contributed by atoms with Gasteiger partial charge in [0.25, 0.3) is 0 Å². The van der Waals surface area contributed by atoms with Gasteiger partial charge in [-0.25, -0.2) is 4.79 Å². The van der Waals surface area contributed by atoms with Gasteiger partial charge in [0.1, 0.15) is 25.3 Å². The fourth-order valence-electron chi connectivity index (χ4n) is 7.61. The predicted molar refractivity (Wildman–Crippen MR) is 203 cm³/mol. The highest BCUT2D eigenvalue weighted by atomic mass is 16.5. The van der Waals surface area contributed by atoms with Crippen LogP contribution in [-0.2, 0) is 67.8 Å². The van der Waals surface area contributed by atoms with Crippen LogP contribution in [0.1, 0.15) is 46.5 Å². The molecule has 2 aliphatic heterocycles. The number of para-hydroxylation sites is 2. The highest BCUT2D eigenvalue weighted by Crippen LogP contribution is 2.33. The Balaban J connectivity index is 1.04. The molecule has 0 aliphatic carbocycles. The number of hydrogen-bond donors (Lipinski definition) is 4. The number of esters is 2. The van der Waals surface area contributed by atoms with E-state index in [4.69, 9.17) is 9.47 Å². The number of carbonyl (C=O) groups excluding carboxylic acids is 4. The summed E-state index contributed by atoms with van der Waals surface area (Å²) >= 11 is 0. The first kappa shape index (κ1) is 34.9. The molecule has 2 aliphatic rings. The fraction of sp³-hybridized carbons (Fsp3) is 0.256. The molecule has 0 bridgehead atoms. The lowest BCUT2D eigenvalue weighted by Gasteiger charge is -2.38. The minimum Gasteiger partial charge on any atom is -0.461 e. The van der Waals surface area contributed by atoms with Crippen LogP contribution in [-0.4, -0.2) is 56.7 Å². The van der Waals surface area contributed by atoms with Gasteiger partial charge in [-0.2, -0.15) is 0 Å². The number of ether oxygens (including phenoxy) is 2. The second-order valence-electron chi connectivity index (χ2n) is 13.9. The summed E-state index contributed by atoms with van der Waals surface area (Å²) in [6.45, 7) is 0.768. The third-order valence-corrected chi connectivity index (χ3v) is 10.4. The number of aromatic amines is 2. The molecule has 0 radical (unpaired) electrons. The first-order valence-electron chi connectivity index (χ1n) is 18.3. The average Bonchev–Trinajstić information content (AvgIpc) is 3.78. The van der Waals surface area contributed by atoms with Crippen molar-refractivity contribution >= 4 is 45.6 Å². The number of hydrogen-bond acceptors (Lipinski definition) is 7. The molecule has 11 heteroatoms. The first-order valence-corrected chi connectivity index (χ1v) is 18.3. The van der Waals surface area contributed by atoms with Crippen LogP contribution in [0.5, 0.6) is 0 Å². The van der Waals surface area contributed by atoms with Crippen molar-refractivity contribution in [2.75, 3.05) is 0 Å². The van der Waals surface area contributed by atoms with Gasteiger partial charge in [0, 0.05) is 52.6 Å². The zero-order valence-corrected chi connectivity index (χ0v) is 29.7. The third-order valence-electron chi connectivity index (χ3n) is 10.4. The molecule has 8 rings (SSSR count). The van der Waals surface area contributed by atoms with Gasteiger partial charge in [0.2, 0.25) is 11.8 Å². The van der Waals surface area contributed by atoms with E-state index in [1.54, 1.807) is 4.90 Å². The number of carbonyl (C=O) groups is 4. The number of benzene rings is 4. The summed E-state index contributed by atoms with van der Waals surface area (Å²) in [7, 11) is 0. The molecule has 0 fully saturated rings. The lowest BCUT2D eigenvalue weighted by atomic mass is 9.92. The van der Waals surface area contributed by atoms with E-state index < -0.39 is 36.0 Å². The standard InChI is InChI=1S/C43H41N5O6/c49-40(53-25-27-11-3-1-4-12-27)20-19-35(43(52)54-26-28-13-5-2-6-14-28)47-41(50)39-22-32-30-16-8-10-18-34(30)46-38(32)24-48(39)42(51)36-21-31-29-15-7-9-17-33(29)45-37(31)23-44-36/h1-18,35-36,39,44-46H,19-26H2,(H,47,50)/t35-,36+,39+/m1/s1. The van der Waals surface area contributed by atoms with Gasteiger partial charge in [-0.1, -0.05) is 97.1 Å². The summed E-state index contributed by atoms with van der Waals surface area (Å²) in [6, 6.07) is 31.8. The first-order chi connectivity index (χ1) is 26.4. The monoisotopic (exact) mass is 723 g/mol. The topological polar surface area (TPSA) is 146 Å². The average molecular weight is 724 g/mol. The number of aromatic nitrogens is 2. The maximum atomic E-state index is 14.6. The van der Waals surface area contributed by atoms with E-state index in [1.165, 1.54) is 0 Å². The molecule has 0 saturated carbocycles. The molecule has 0 saturated heterocycles. The summed E-state index contributed by atoms with van der Waals surface area (Å²) in [4.78, 5) is 64.1. The number of rotatable bonds is 11. The second-order valence-corrected chi connectivity index (χ2v) is 13.9. The lowest BCUT2D eigenvalue weighted by molar-refractivity contribution is -0.152. The van der Waals surface area contributed by atoms with E-state index in [0.717, 1.165) is 55.4 Å². The van der Waals surface area contributed by atoms with Crippen LogP contribution >= 0.6 is 0 Å². The fourth-order valence-corrected chi connectivity index (χ4v) is 7.61. The van der Waals surface area contributed by atoms with Gasteiger partial charge in [0.15, 0.2) is 0 Å². The van der Waals surface area contributed by atoms with Gasteiger partial charge < -0.3 is 29.7 Å². The van der Waals surface area contributed by atoms with Crippen LogP contribution in [0.4, 0.5) is 0 Å². The van der Waals surface area contributed by atoms with Gasteiger partial charge in [0.05, 0.1) is 12.6 Å². The molecule has 2 amide bonds. The Morgan fingerprint density at radius 3 is 1.94 bits per heavy atom. The number of nitrogens with one attached hydrogen (secondary N) is 4. The van der Waals surface area contributed by atoms with Crippen molar-refractivity contribution in [3.8, 4) is 0 Å². The van der Waals surface area contributed by atoms with Crippen LogP contribution in [0.2, 0.25) is 0 Å². The summed E-state index contributed by atoms with van der Waals surface area (Å²) in [5.41, 5.74) is 7.53. The van der Waals surface area contributed by atoms with Crippen LogP contribution in [0.25, 0.3) is 21.8 Å². The van der Waals surface area contributed by atoms with Crippen LogP contribution in [0, 0.1) is 0 Å². The Labute approximate surface area is 312 Å². The molecule has 54 heavy (non-hydrogen) atoms. The number of amides is 2. The van der Waals surface area contributed by atoms with Gasteiger partial charge >= 0.3 is 11.9 Å². The maximum Gasteiger partial charge on any atom is 0.328 e. The SMILES string of the molecule is O=C(CC[C@@H](NC(=O)[C@@H]1Cc2c([nH]c3ccccc23)CN1C(=O)[C@@H]1Cc2c([nH]c3ccccc23)CN1)C(=O)OCc1ccccc1)OCc1ccccc1. The van der Waals surface area contributed by atoms with Crippen LogP contribution < -0.4 is 10.6 Å². The van der Waals surface area contributed by atoms with Crippen molar-refractivity contribution in [1.82, 2.24) is 25.5 Å². The molecular weight excluding hydrogens is 683 g/mol. The van der Waals surface area contributed by atoms with Gasteiger partial charge in [-0.3, -0.25) is 19.7 Å². The molecule has 4 heterocycles. The Bertz CT molecular complexity index is 2320. The molecule has 0 unspecified atom stereocenters. The van der Waals surface area contributed by atoms with E-state index in [1.807, 2.05) is 103 Å². The smallest absolute Gasteiger partial charge is 0.328 e. The zero-order chi connectivity index (χ0) is 37.0. The Kier molecular flexibility index (Phi) is 9.95. The molecule has 274 valence electrons. The molecule has 4 aromatic carbocycles. The maximum absolute atomic E-state index is 14.6. The quantitative estimate of drug-likeness (QED) is 0.132. The predicted octanol–water partition coefficient (Wildman–Crippen LogP) is 5.37. The highest BCUT2D eigenvalue weighted by Gasteiger charge is 2.41. The number of fused-ring (bicyclic) bond motifs is 6. The molecule has 4 N–H and O–H groups in total. The number of H-pyrrole nitrogens is 2. The molecule has 6 aromatic rings. The van der Waals surface area contributed by atoms with E-state index >= 15 is 0 Å². The van der Waals surface area contributed by atoms with Crippen LogP contribution in [0.15, 0.2) is 109 Å². The minimum absolute atomic E-state index is 0.000407. The molecule has 11 nitrogen and oxygen atoms in total. The molecule has 0 spiro atoms. The summed E-state index contributed by atoms with van der Waals surface area (Å²) in [5, 5.41) is 8.36. The van der Waals surface area contributed by atoms with Crippen molar-refractivity contribution < 1.29 is 28.7 Å². The largest absolute Gasteiger partial charge is 0.461 e. The summed E-state index contributed by atoms with van der Waals surface area (Å²) < 4.78 is 11.1. The summed E-state index contributed by atoms with van der Waals surface area (Å²) in [6.07, 6.45) is 0.533. The third kappa shape index (κ3) is 7.35.